The summed E-state index contributed by atoms with van der Waals surface area (Å²) in [5.74, 6) is 0.773. The van der Waals surface area contributed by atoms with Gasteiger partial charge in [0.1, 0.15) is 5.57 Å². The van der Waals surface area contributed by atoms with Crippen molar-refractivity contribution in [2.24, 2.45) is 0 Å². The molecule has 0 atom stereocenters. The molecule has 0 aromatic heterocycles. The van der Waals surface area contributed by atoms with Gasteiger partial charge >= 0.3 is 0 Å². The third kappa shape index (κ3) is 7.24. The summed E-state index contributed by atoms with van der Waals surface area (Å²) in [6, 6.07) is 0. The fourth-order valence-corrected chi connectivity index (χ4v) is 4.17. The van der Waals surface area contributed by atoms with Gasteiger partial charge in [0.15, 0.2) is 0 Å². The van der Waals surface area contributed by atoms with E-state index in [0.29, 0.717) is 31.8 Å². The van der Waals surface area contributed by atoms with Crippen molar-refractivity contribution in [3.8, 4) is 0 Å². The first kappa shape index (κ1) is 23.6. The fourth-order valence-electron chi connectivity index (χ4n) is 3.12. The highest BCUT2D eigenvalue weighted by atomic mass is 32.2. The zero-order valence-corrected chi connectivity index (χ0v) is 18.6. The maximum atomic E-state index is 13.2. The highest BCUT2D eigenvalue weighted by molar-refractivity contribution is 8.03. The molecule has 0 aromatic rings. The zero-order valence-electron chi connectivity index (χ0n) is 17.8. The molecule has 27 heavy (non-hydrogen) atoms. The van der Waals surface area contributed by atoms with Crippen LogP contribution in [0, 0.1) is 0 Å². The van der Waals surface area contributed by atoms with E-state index in [1.807, 2.05) is 22.9 Å². The van der Waals surface area contributed by atoms with Gasteiger partial charge in [0.2, 0.25) is 0 Å². The van der Waals surface area contributed by atoms with Crippen molar-refractivity contribution in [1.82, 2.24) is 14.7 Å². The number of carbonyl (C=O) groups is 2. The summed E-state index contributed by atoms with van der Waals surface area (Å²) in [5.41, 5.74) is 0.298. The monoisotopic (exact) mass is 395 g/mol. The first-order valence-corrected chi connectivity index (χ1v) is 11.3. The van der Waals surface area contributed by atoms with Gasteiger partial charge in [-0.3, -0.25) is 9.59 Å². The summed E-state index contributed by atoms with van der Waals surface area (Å²) in [6.45, 7) is 12.0. The van der Waals surface area contributed by atoms with Crippen LogP contribution < -0.4 is 0 Å². The Balaban J connectivity index is 3.20. The van der Waals surface area contributed by atoms with Crippen LogP contribution in [0.15, 0.2) is 22.8 Å². The largest absolute Gasteiger partial charge is 0.369 e. The van der Waals surface area contributed by atoms with Gasteiger partial charge in [-0.25, -0.2) is 0 Å². The summed E-state index contributed by atoms with van der Waals surface area (Å²) in [6.07, 6.45) is 7.25. The third-order valence-electron chi connectivity index (χ3n) is 4.45. The second-order valence-corrected chi connectivity index (χ2v) is 8.05. The van der Waals surface area contributed by atoms with Crippen LogP contribution in [-0.2, 0) is 9.59 Å². The van der Waals surface area contributed by atoms with E-state index >= 15 is 0 Å². The maximum Gasteiger partial charge on any atom is 0.259 e. The molecule has 1 heterocycles. The molecule has 0 unspecified atom stereocenters. The van der Waals surface area contributed by atoms with Crippen molar-refractivity contribution in [3.63, 3.8) is 0 Å². The number of allylic oxidation sites excluding steroid dienone is 2. The number of carbonyl (C=O) groups excluding carboxylic acids is 2. The minimum atomic E-state index is -0.136. The molecular formula is C21H37N3O2S. The minimum Gasteiger partial charge on any atom is -0.369 e. The number of hydrogen-bond donors (Lipinski definition) is 0. The van der Waals surface area contributed by atoms with E-state index in [1.54, 1.807) is 17.8 Å². The quantitative estimate of drug-likeness (QED) is 0.304. The van der Waals surface area contributed by atoms with Crippen molar-refractivity contribution < 1.29 is 9.59 Å². The second kappa shape index (κ2) is 12.9. The molecule has 1 aliphatic rings. The highest BCUT2D eigenvalue weighted by Gasteiger charge is 2.26. The molecular weight excluding hydrogens is 358 g/mol. The van der Waals surface area contributed by atoms with Crippen molar-refractivity contribution >= 4 is 23.6 Å². The molecule has 2 amide bonds. The summed E-state index contributed by atoms with van der Waals surface area (Å²) >= 11 is 1.77. The van der Waals surface area contributed by atoms with Crippen LogP contribution >= 0.6 is 11.8 Å². The van der Waals surface area contributed by atoms with E-state index in [4.69, 9.17) is 0 Å². The number of rotatable bonds is 11. The molecule has 1 saturated heterocycles. The molecule has 0 N–H and O–H groups in total. The van der Waals surface area contributed by atoms with Crippen LogP contribution in [-0.4, -0.2) is 72.0 Å². The average molecular weight is 396 g/mol. The Morgan fingerprint density at radius 2 is 1.37 bits per heavy atom. The predicted molar refractivity (Wildman–Crippen MR) is 116 cm³/mol. The van der Waals surface area contributed by atoms with E-state index in [-0.39, 0.29) is 11.8 Å². The van der Waals surface area contributed by atoms with E-state index in [9.17, 15) is 9.59 Å². The second-order valence-electron chi connectivity index (χ2n) is 6.94. The normalized spacial score (nSPS) is 15.1. The van der Waals surface area contributed by atoms with Crippen molar-refractivity contribution in [3.05, 3.63) is 22.8 Å². The SMILES string of the molecule is CCCN(CCC)C(=O)C(=C/C=C1\SCCN1C)C(=O)N(CCC)CCC. The maximum absolute atomic E-state index is 13.2. The first-order chi connectivity index (χ1) is 13.0. The lowest BCUT2D eigenvalue weighted by Gasteiger charge is -2.26. The summed E-state index contributed by atoms with van der Waals surface area (Å²) in [4.78, 5) is 32.3. The van der Waals surface area contributed by atoms with Gasteiger partial charge in [-0.1, -0.05) is 27.7 Å². The smallest absolute Gasteiger partial charge is 0.259 e. The van der Waals surface area contributed by atoms with E-state index < -0.39 is 0 Å². The third-order valence-corrected chi connectivity index (χ3v) is 5.59. The topological polar surface area (TPSA) is 43.9 Å². The molecule has 0 aliphatic carbocycles. The molecule has 1 rings (SSSR count). The van der Waals surface area contributed by atoms with E-state index in [0.717, 1.165) is 43.0 Å². The van der Waals surface area contributed by atoms with Gasteiger partial charge in [0, 0.05) is 45.5 Å². The molecule has 0 aromatic carbocycles. The lowest BCUT2D eigenvalue weighted by Crippen LogP contribution is -2.41. The molecule has 0 radical (unpaired) electrons. The van der Waals surface area contributed by atoms with Gasteiger partial charge in [-0.15, -0.1) is 11.8 Å². The summed E-state index contributed by atoms with van der Waals surface area (Å²) in [5, 5.41) is 1.11. The van der Waals surface area contributed by atoms with Crippen LogP contribution in [0.4, 0.5) is 0 Å². The molecule has 5 nitrogen and oxygen atoms in total. The first-order valence-electron chi connectivity index (χ1n) is 10.3. The summed E-state index contributed by atoms with van der Waals surface area (Å²) in [7, 11) is 2.05. The van der Waals surface area contributed by atoms with E-state index in [1.165, 1.54) is 0 Å². The predicted octanol–water partition coefficient (Wildman–Crippen LogP) is 3.73. The van der Waals surface area contributed by atoms with Gasteiger partial charge < -0.3 is 14.7 Å². The number of amides is 2. The van der Waals surface area contributed by atoms with Crippen LogP contribution in [0.2, 0.25) is 0 Å². The Labute approximate surface area is 169 Å². The minimum absolute atomic E-state index is 0.136. The molecule has 0 spiro atoms. The molecule has 0 bridgehead atoms. The van der Waals surface area contributed by atoms with E-state index in [2.05, 4.69) is 32.6 Å². The van der Waals surface area contributed by atoms with Crippen molar-refractivity contribution in [2.45, 2.75) is 53.4 Å². The Hall–Kier alpha value is -1.43. The van der Waals surface area contributed by atoms with Gasteiger partial charge in [-0.2, -0.15) is 0 Å². The van der Waals surface area contributed by atoms with Crippen LogP contribution in [0.3, 0.4) is 0 Å². The van der Waals surface area contributed by atoms with Crippen molar-refractivity contribution in [1.29, 1.82) is 0 Å². The lowest BCUT2D eigenvalue weighted by atomic mass is 10.1. The number of hydrogen-bond acceptors (Lipinski definition) is 4. The zero-order chi connectivity index (χ0) is 20.2. The van der Waals surface area contributed by atoms with Crippen molar-refractivity contribution in [2.75, 3.05) is 45.5 Å². The van der Waals surface area contributed by atoms with Gasteiger partial charge in [0.25, 0.3) is 11.8 Å². The van der Waals surface area contributed by atoms with Crippen LogP contribution in [0.25, 0.3) is 0 Å². The Kier molecular flexibility index (Phi) is 11.3. The number of nitrogens with zero attached hydrogens (tertiary/aromatic N) is 3. The van der Waals surface area contributed by atoms with Gasteiger partial charge in [-0.05, 0) is 37.8 Å². The number of thioether (sulfide) groups is 1. The van der Waals surface area contributed by atoms with Crippen LogP contribution in [0.5, 0.6) is 0 Å². The lowest BCUT2D eigenvalue weighted by molar-refractivity contribution is -0.134. The molecule has 1 fully saturated rings. The summed E-state index contributed by atoms with van der Waals surface area (Å²) < 4.78 is 0. The van der Waals surface area contributed by atoms with Gasteiger partial charge in [0.05, 0.1) is 5.03 Å². The highest BCUT2D eigenvalue weighted by Crippen LogP contribution is 2.26. The Bertz CT molecular complexity index is 504. The Morgan fingerprint density at radius 3 is 1.70 bits per heavy atom. The fraction of sp³-hybridized carbons (Fsp3) is 0.714. The Morgan fingerprint density at radius 1 is 0.926 bits per heavy atom. The molecule has 6 heteroatoms. The van der Waals surface area contributed by atoms with Crippen LogP contribution in [0.1, 0.15) is 53.4 Å². The molecule has 1 aliphatic heterocycles. The molecule has 0 saturated carbocycles. The molecule has 154 valence electrons. The average Bonchev–Trinajstić information content (AvgIpc) is 3.06. The standard InChI is InChI=1S/C21H37N3O2S/c1-6-12-23(13-7-2)20(25)18(10-11-19-22(5)16-17-27-19)21(26)24(14-8-3)15-9-4/h10-11H,6-9,12-17H2,1-5H3/b19-11-.